The molecule has 0 aliphatic rings. The molecule has 2 aromatic heterocycles. The molecule has 15 heavy (non-hydrogen) atoms. The number of aromatic nitrogens is 2. The minimum Gasteiger partial charge on any atom is -0.406 e. The third kappa shape index (κ3) is 1.95. The Morgan fingerprint density at radius 1 is 1.67 bits per heavy atom. The van der Waals surface area contributed by atoms with E-state index in [4.69, 9.17) is 4.42 Å². The first-order valence-corrected chi connectivity index (χ1v) is 5.53. The van der Waals surface area contributed by atoms with Crippen LogP contribution in [0.4, 0.5) is 0 Å². The zero-order chi connectivity index (χ0) is 10.8. The van der Waals surface area contributed by atoms with Crippen LogP contribution in [0.25, 0.3) is 11.2 Å². The molecule has 2 heterocycles. The second kappa shape index (κ2) is 4.16. The summed E-state index contributed by atoms with van der Waals surface area (Å²) < 4.78 is 6.28. The van der Waals surface area contributed by atoms with Crippen LogP contribution < -0.4 is 5.76 Å². The molecular formula is C9H9BrN2O3. The molecule has 0 radical (unpaired) electrons. The van der Waals surface area contributed by atoms with Crippen molar-refractivity contribution in [1.29, 1.82) is 0 Å². The summed E-state index contributed by atoms with van der Waals surface area (Å²) in [5.74, 6) is -0.497. The van der Waals surface area contributed by atoms with E-state index < -0.39 is 11.9 Å². The molecule has 1 atom stereocenters. The van der Waals surface area contributed by atoms with Crippen molar-refractivity contribution in [2.24, 2.45) is 0 Å². The van der Waals surface area contributed by atoms with Crippen LogP contribution in [0.5, 0.6) is 0 Å². The van der Waals surface area contributed by atoms with Crippen LogP contribution in [-0.4, -0.2) is 26.1 Å². The van der Waals surface area contributed by atoms with E-state index in [2.05, 4.69) is 20.9 Å². The molecule has 0 saturated carbocycles. The van der Waals surface area contributed by atoms with Crippen LogP contribution in [-0.2, 0) is 6.54 Å². The molecule has 1 N–H and O–H groups in total. The van der Waals surface area contributed by atoms with Gasteiger partial charge in [0, 0.05) is 11.5 Å². The summed E-state index contributed by atoms with van der Waals surface area (Å²) in [7, 11) is 0. The van der Waals surface area contributed by atoms with Gasteiger partial charge in [0.1, 0.15) is 0 Å². The number of nitrogens with zero attached hydrogens (tertiary/aromatic N) is 2. The van der Waals surface area contributed by atoms with Gasteiger partial charge in [-0.15, -0.1) is 0 Å². The summed E-state index contributed by atoms with van der Waals surface area (Å²) in [5.41, 5.74) is 0.895. The molecule has 0 fully saturated rings. The first-order chi connectivity index (χ1) is 7.22. The van der Waals surface area contributed by atoms with Crippen LogP contribution in [0, 0.1) is 0 Å². The summed E-state index contributed by atoms with van der Waals surface area (Å²) in [6.45, 7) is 0.175. The van der Waals surface area contributed by atoms with Gasteiger partial charge in [0.05, 0.1) is 12.6 Å². The van der Waals surface area contributed by atoms with E-state index in [1.165, 1.54) is 4.57 Å². The van der Waals surface area contributed by atoms with Gasteiger partial charge in [0.25, 0.3) is 0 Å². The van der Waals surface area contributed by atoms with E-state index in [-0.39, 0.29) is 6.54 Å². The van der Waals surface area contributed by atoms with Crippen LogP contribution in [0.3, 0.4) is 0 Å². The van der Waals surface area contributed by atoms with E-state index in [1.54, 1.807) is 18.3 Å². The minimum absolute atomic E-state index is 0.175. The zero-order valence-corrected chi connectivity index (χ0v) is 9.35. The number of aliphatic hydroxyl groups excluding tert-OH is 1. The second-order valence-electron chi connectivity index (χ2n) is 3.11. The molecule has 0 aliphatic heterocycles. The fraction of sp³-hybridized carbons (Fsp3) is 0.333. The lowest BCUT2D eigenvalue weighted by Crippen LogP contribution is -2.24. The Morgan fingerprint density at radius 2 is 2.47 bits per heavy atom. The van der Waals surface area contributed by atoms with Crippen molar-refractivity contribution < 1.29 is 9.52 Å². The number of oxazole rings is 1. The van der Waals surface area contributed by atoms with E-state index in [9.17, 15) is 9.90 Å². The molecule has 5 nitrogen and oxygen atoms in total. The monoisotopic (exact) mass is 272 g/mol. The maximum Gasteiger partial charge on any atom is 0.421 e. The Balaban J connectivity index is 2.50. The number of pyridine rings is 1. The van der Waals surface area contributed by atoms with Crippen molar-refractivity contribution in [2.45, 2.75) is 12.6 Å². The SMILES string of the molecule is O=c1oc2cccnc2n1CC(O)CBr. The molecular weight excluding hydrogens is 264 g/mol. The molecule has 2 aromatic rings. The highest BCUT2D eigenvalue weighted by Crippen LogP contribution is 2.09. The van der Waals surface area contributed by atoms with Crippen molar-refractivity contribution in [1.82, 2.24) is 9.55 Å². The van der Waals surface area contributed by atoms with E-state index in [0.717, 1.165) is 0 Å². The quantitative estimate of drug-likeness (QED) is 0.838. The molecule has 1 unspecified atom stereocenters. The molecule has 0 amide bonds. The maximum atomic E-state index is 11.4. The summed E-state index contributed by atoms with van der Waals surface area (Å²) in [6.07, 6.45) is 0.944. The summed E-state index contributed by atoms with van der Waals surface area (Å²) in [6, 6.07) is 3.36. The predicted octanol–water partition coefficient (Wildman–Crippen LogP) is 0.745. The van der Waals surface area contributed by atoms with Gasteiger partial charge in [-0.2, -0.15) is 0 Å². The smallest absolute Gasteiger partial charge is 0.406 e. The zero-order valence-electron chi connectivity index (χ0n) is 7.76. The highest BCUT2D eigenvalue weighted by Gasteiger charge is 2.12. The Labute approximate surface area is 93.5 Å². The van der Waals surface area contributed by atoms with E-state index in [0.29, 0.717) is 16.6 Å². The largest absolute Gasteiger partial charge is 0.421 e. The maximum absolute atomic E-state index is 11.4. The average molecular weight is 273 g/mol. The normalized spacial score (nSPS) is 13.2. The standard InChI is InChI=1S/C9H9BrN2O3/c10-4-6(13)5-12-8-7(15-9(12)14)2-1-3-11-8/h1-3,6,13H,4-5H2. The minimum atomic E-state index is -0.634. The molecule has 6 heteroatoms. The summed E-state index contributed by atoms with van der Waals surface area (Å²) in [5, 5.41) is 9.84. The van der Waals surface area contributed by atoms with Crippen molar-refractivity contribution in [3.05, 3.63) is 28.9 Å². The first kappa shape index (κ1) is 10.4. The Hall–Kier alpha value is -1.14. The molecule has 2 rings (SSSR count). The lowest BCUT2D eigenvalue weighted by atomic mass is 10.4. The molecule has 80 valence electrons. The molecule has 0 bridgehead atoms. The number of rotatable bonds is 3. The number of hydrogen-bond acceptors (Lipinski definition) is 4. The highest BCUT2D eigenvalue weighted by atomic mass is 79.9. The topological polar surface area (TPSA) is 68.3 Å². The van der Waals surface area contributed by atoms with Gasteiger partial charge in [-0.3, -0.25) is 4.57 Å². The third-order valence-corrected chi connectivity index (χ3v) is 2.74. The molecule has 0 saturated heterocycles. The Bertz CT molecular complexity index is 519. The first-order valence-electron chi connectivity index (χ1n) is 4.40. The summed E-state index contributed by atoms with van der Waals surface area (Å²) >= 11 is 3.13. The lowest BCUT2D eigenvalue weighted by Gasteiger charge is -2.05. The van der Waals surface area contributed by atoms with Crippen LogP contribution in [0.15, 0.2) is 27.5 Å². The fourth-order valence-corrected chi connectivity index (χ4v) is 1.53. The third-order valence-electron chi connectivity index (χ3n) is 2.00. The van der Waals surface area contributed by atoms with Crippen LogP contribution in [0.1, 0.15) is 0 Å². The van der Waals surface area contributed by atoms with Crippen LogP contribution in [0.2, 0.25) is 0 Å². The highest BCUT2D eigenvalue weighted by molar-refractivity contribution is 9.09. The number of hydrogen-bond donors (Lipinski definition) is 1. The summed E-state index contributed by atoms with van der Waals surface area (Å²) in [4.78, 5) is 15.5. The van der Waals surface area contributed by atoms with Gasteiger partial charge in [-0.05, 0) is 12.1 Å². The van der Waals surface area contributed by atoms with Gasteiger partial charge >= 0.3 is 5.76 Å². The molecule has 0 spiro atoms. The van der Waals surface area contributed by atoms with Crippen molar-refractivity contribution in [3.63, 3.8) is 0 Å². The van der Waals surface area contributed by atoms with Gasteiger partial charge in [-0.1, -0.05) is 15.9 Å². The van der Waals surface area contributed by atoms with E-state index in [1.807, 2.05) is 0 Å². The Kier molecular flexibility index (Phi) is 2.88. The number of aliphatic hydroxyl groups is 1. The number of alkyl halides is 1. The van der Waals surface area contributed by atoms with Crippen molar-refractivity contribution >= 4 is 27.2 Å². The van der Waals surface area contributed by atoms with Gasteiger partial charge in [0.15, 0.2) is 11.2 Å². The van der Waals surface area contributed by atoms with Crippen molar-refractivity contribution in [2.75, 3.05) is 5.33 Å². The molecule has 0 aromatic carbocycles. The molecule has 0 aliphatic carbocycles. The van der Waals surface area contributed by atoms with Gasteiger partial charge < -0.3 is 9.52 Å². The van der Waals surface area contributed by atoms with Crippen molar-refractivity contribution in [3.8, 4) is 0 Å². The fourth-order valence-electron chi connectivity index (χ4n) is 1.32. The van der Waals surface area contributed by atoms with Gasteiger partial charge in [-0.25, -0.2) is 9.78 Å². The predicted molar refractivity (Wildman–Crippen MR) is 58.1 cm³/mol. The van der Waals surface area contributed by atoms with E-state index >= 15 is 0 Å². The number of fused-ring (bicyclic) bond motifs is 1. The lowest BCUT2D eigenvalue weighted by molar-refractivity contribution is 0.177. The Morgan fingerprint density at radius 3 is 3.20 bits per heavy atom. The van der Waals surface area contributed by atoms with Crippen LogP contribution >= 0.6 is 15.9 Å². The average Bonchev–Trinajstić information content (AvgIpc) is 2.55. The number of halogens is 1. The second-order valence-corrected chi connectivity index (χ2v) is 3.76. The van der Waals surface area contributed by atoms with Gasteiger partial charge in [0.2, 0.25) is 0 Å².